The first-order valence-corrected chi connectivity index (χ1v) is 6.45. The Labute approximate surface area is 99.2 Å². The molecule has 0 aliphatic carbocycles. The van der Waals surface area contributed by atoms with Gasteiger partial charge in [0.05, 0.1) is 18.8 Å². The second-order valence-electron chi connectivity index (χ2n) is 4.15. The van der Waals surface area contributed by atoms with Crippen LogP contribution in [0.15, 0.2) is 11.8 Å². The van der Waals surface area contributed by atoms with Gasteiger partial charge in [-0.2, -0.15) is 0 Å². The number of nitrogens with one attached hydrogen (secondary N) is 1. The fourth-order valence-corrected chi connectivity index (χ4v) is 2.15. The molecule has 1 rings (SSSR count). The van der Waals surface area contributed by atoms with Gasteiger partial charge < -0.3 is 14.8 Å². The van der Waals surface area contributed by atoms with Gasteiger partial charge in [-0.25, -0.2) is 0 Å². The molecule has 0 amide bonds. The summed E-state index contributed by atoms with van der Waals surface area (Å²) >= 11 is 0. The lowest BCUT2D eigenvalue weighted by molar-refractivity contribution is 0.0194. The van der Waals surface area contributed by atoms with Crippen LogP contribution < -0.4 is 5.32 Å². The van der Waals surface area contributed by atoms with Gasteiger partial charge in [0.2, 0.25) is 0 Å². The van der Waals surface area contributed by atoms with Gasteiger partial charge in [-0.05, 0) is 39.3 Å². The van der Waals surface area contributed by atoms with Crippen LogP contribution in [0.3, 0.4) is 0 Å². The summed E-state index contributed by atoms with van der Waals surface area (Å²) < 4.78 is 11.5. The van der Waals surface area contributed by atoms with Gasteiger partial charge in [-0.15, -0.1) is 0 Å². The highest BCUT2D eigenvalue weighted by molar-refractivity contribution is 5.08. The van der Waals surface area contributed by atoms with Crippen molar-refractivity contribution >= 4 is 0 Å². The number of likely N-dealkylation sites (N-methyl/N-ethyl adjacent to an activating group) is 1. The number of ether oxygens (including phenoxy) is 2. The first-order valence-electron chi connectivity index (χ1n) is 6.45. The van der Waals surface area contributed by atoms with E-state index in [9.17, 15) is 0 Å². The lowest BCUT2D eigenvalue weighted by Gasteiger charge is -2.30. The second kappa shape index (κ2) is 7.69. The van der Waals surface area contributed by atoms with Crippen LogP contribution in [-0.2, 0) is 9.47 Å². The van der Waals surface area contributed by atoms with Crippen molar-refractivity contribution < 1.29 is 9.47 Å². The van der Waals surface area contributed by atoms with Gasteiger partial charge in [0.25, 0.3) is 0 Å². The Balaban J connectivity index is 2.64. The minimum absolute atomic E-state index is 0.209. The van der Waals surface area contributed by atoms with Crippen LogP contribution >= 0.6 is 0 Å². The highest BCUT2D eigenvalue weighted by atomic mass is 16.5. The molecule has 0 spiro atoms. The minimum Gasteiger partial charge on any atom is -0.496 e. The largest absolute Gasteiger partial charge is 0.496 e. The monoisotopic (exact) mass is 227 g/mol. The molecule has 1 heterocycles. The molecule has 0 aromatic rings. The summed E-state index contributed by atoms with van der Waals surface area (Å²) in [5, 5.41) is 3.32. The Hall–Kier alpha value is -0.540. The molecule has 1 aliphatic heterocycles. The maximum absolute atomic E-state index is 5.81. The fraction of sp³-hybridized carbons (Fsp3) is 0.846. The van der Waals surface area contributed by atoms with Crippen LogP contribution in [0.5, 0.6) is 0 Å². The first kappa shape index (κ1) is 13.5. The summed E-state index contributed by atoms with van der Waals surface area (Å²) in [5.74, 6) is 1.07. The molecule has 0 saturated carbocycles. The van der Waals surface area contributed by atoms with Crippen molar-refractivity contribution in [3.8, 4) is 0 Å². The van der Waals surface area contributed by atoms with E-state index in [1.165, 1.54) is 0 Å². The van der Waals surface area contributed by atoms with E-state index in [-0.39, 0.29) is 12.1 Å². The normalized spacial score (nSPS) is 19.8. The molecule has 1 aliphatic rings. The molecule has 0 aromatic heterocycles. The van der Waals surface area contributed by atoms with Crippen molar-refractivity contribution in [1.82, 2.24) is 5.32 Å². The van der Waals surface area contributed by atoms with Crippen molar-refractivity contribution in [3.63, 3.8) is 0 Å². The van der Waals surface area contributed by atoms with E-state index in [0.29, 0.717) is 0 Å². The maximum atomic E-state index is 5.81. The summed E-state index contributed by atoms with van der Waals surface area (Å²) in [6.07, 6.45) is 6.89. The van der Waals surface area contributed by atoms with E-state index >= 15 is 0 Å². The Bertz CT molecular complexity index is 210. The van der Waals surface area contributed by atoms with E-state index < -0.39 is 0 Å². The summed E-state index contributed by atoms with van der Waals surface area (Å²) in [6.45, 7) is 5.84. The van der Waals surface area contributed by atoms with Crippen LogP contribution in [0.2, 0.25) is 0 Å². The lowest BCUT2D eigenvalue weighted by Crippen LogP contribution is -2.42. The summed E-state index contributed by atoms with van der Waals surface area (Å²) in [7, 11) is 1.98. The van der Waals surface area contributed by atoms with E-state index in [2.05, 4.69) is 18.3 Å². The van der Waals surface area contributed by atoms with Crippen LogP contribution in [0, 0.1) is 0 Å². The SMILES string of the molecule is CCCC(OCC)C(NC)C1=CCCCO1. The Morgan fingerprint density at radius 1 is 1.50 bits per heavy atom. The maximum Gasteiger partial charge on any atom is 0.112 e. The second-order valence-corrected chi connectivity index (χ2v) is 4.15. The molecule has 2 atom stereocenters. The quantitative estimate of drug-likeness (QED) is 0.725. The lowest BCUT2D eigenvalue weighted by atomic mass is 10.0. The van der Waals surface area contributed by atoms with E-state index in [1.54, 1.807) is 0 Å². The van der Waals surface area contributed by atoms with Gasteiger partial charge in [0.1, 0.15) is 5.76 Å². The number of allylic oxidation sites excluding steroid dienone is 1. The van der Waals surface area contributed by atoms with Crippen molar-refractivity contribution in [1.29, 1.82) is 0 Å². The molecule has 3 nitrogen and oxygen atoms in total. The molecule has 1 N–H and O–H groups in total. The summed E-state index contributed by atoms with van der Waals surface area (Å²) in [5.41, 5.74) is 0. The molecule has 0 bridgehead atoms. The zero-order valence-electron chi connectivity index (χ0n) is 10.8. The third-order valence-corrected chi connectivity index (χ3v) is 2.91. The molecule has 2 unspecified atom stereocenters. The fourth-order valence-electron chi connectivity index (χ4n) is 2.15. The van der Waals surface area contributed by atoms with Crippen LogP contribution in [0.25, 0.3) is 0 Å². The average molecular weight is 227 g/mol. The molecule has 0 saturated heterocycles. The third-order valence-electron chi connectivity index (χ3n) is 2.91. The number of rotatable bonds is 7. The molecule has 0 radical (unpaired) electrons. The minimum atomic E-state index is 0.209. The van der Waals surface area contributed by atoms with Crippen LogP contribution in [0.1, 0.15) is 39.5 Å². The summed E-state index contributed by atoms with van der Waals surface area (Å²) in [6, 6.07) is 0.209. The van der Waals surface area contributed by atoms with Crippen molar-refractivity contribution in [2.45, 2.75) is 51.7 Å². The van der Waals surface area contributed by atoms with E-state index in [4.69, 9.17) is 9.47 Å². The van der Waals surface area contributed by atoms with Gasteiger partial charge in [0.15, 0.2) is 0 Å². The van der Waals surface area contributed by atoms with Gasteiger partial charge in [0, 0.05) is 6.61 Å². The van der Waals surface area contributed by atoms with Gasteiger partial charge in [-0.1, -0.05) is 13.3 Å². The Morgan fingerprint density at radius 2 is 2.31 bits per heavy atom. The van der Waals surface area contributed by atoms with E-state index in [1.807, 2.05) is 14.0 Å². The molecule has 3 heteroatoms. The molecule has 94 valence electrons. The molecular weight excluding hydrogens is 202 g/mol. The van der Waals surface area contributed by atoms with Crippen LogP contribution in [0.4, 0.5) is 0 Å². The Morgan fingerprint density at radius 3 is 2.81 bits per heavy atom. The smallest absolute Gasteiger partial charge is 0.112 e. The van der Waals surface area contributed by atoms with Gasteiger partial charge in [-0.3, -0.25) is 0 Å². The molecule has 0 aromatic carbocycles. The van der Waals surface area contributed by atoms with Crippen molar-refractivity contribution in [2.24, 2.45) is 0 Å². The molecule has 0 fully saturated rings. The predicted molar refractivity (Wildman–Crippen MR) is 66.4 cm³/mol. The van der Waals surface area contributed by atoms with Crippen LogP contribution in [-0.4, -0.2) is 32.4 Å². The zero-order chi connectivity index (χ0) is 11.8. The Kier molecular flexibility index (Phi) is 6.50. The first-order chi connectivity index (χ1) is 7.83. The summed E-state index contributed by atoms with van der Waals surface area (Å²) in [4.78, 5) is 0. The van der Waals surface area contributed by atoms with E-state index in [0.717, 1.165) is 44.7 Å². The molecular formula is C13H25NO2. The topological polar surface area (TPSA) is 30.5 Å². The number of hydrogen-bond acceptors (Lipinski definition) is 3. The number of hydrogen-bond donors (Lipinski definition) is 1. The third kappa shape index (κ3) is 3.80. The standard InChI is InChI=1S/C13H25NO2/c1-4-8-11(15-5-2)13(14-3)12-9-6-7-10-16-12/h9,11,13-14H,4-8,10H2,1-3H3. The predicted octanol–water partition coefficient (Wildman–Crippen LogP) is 2.47. The average Bonchev–Trinajstić information content (AvgIpc) is 2.32. The molecule has 16 heavy (non-hydrogen) atoms. The van der Waals surface area contributed by atoms with Crippen molar-refractivity contribution in [2.75, 3.05) is 20.3 Å². The van der Waals surface area contributed by atoms with Crippen molar-refractivity contribution in [3.05, 3.63) is 11.8 Å². The van der Waals surface area contributed by atoms with Gasteiger partial charge >= 0.3 is 0 Å². The highest BCUT2D eigenvalue weighted by Gasteiger charge is 2.25. The zero-order valence-corrected chi connectivity index (χ0v) is 10.8. The highest BCUT2D eigenvalue weighted by Crippen LogP contribution is 2.20.